The van der Waals surface area contributed by atoms with Crippen LogP contribution >= 0.6 is 11.8 Å². The first-order valence-corrected chi connectivity index (χ1v) is 8.33. The maximum atomic E-state index is 12.2. The summed E-state index contributed by atoms with van der Waals surface area (Å²) in [4.78, 5) is 37.1. The van der Waals surface area contributed by atoms with E-state index in [1.165, 1.54) is 29.8 Å². The van der Waals surface area contributed by atoms with E-state index in [2.05, 4.69) is 5.32 Å². The summed E-state index contributed by atoms with van der Waals surface area (Å²) in [5.41, 5.74) is 0. The van der Waals surface area contributed by atoms with Gasteiger partial charge in [-0.15, -0.1) is 11.8 Å². The van der Waals surface area contributed by atoms with Crippen LogP contribution < -0.4 is 5.32 Å². The molecule has 2 rings (SSSR count). The van der Waals surface area contributed by atoms with E-state index in [1.807, 2.05) is 6.07 Å². The van der Waals surface area contributed by atoms with Gasteiger partial charge in [-0.25, -0.2) is 4.79 Å². The molecule has 0 unspecified atom stereocenters. The van der Waals surface area contributed by atoms with Crippen molar-refractivity contribution < 1.29 is 23.5 Å². The molecule has 0 radical (unpaired) electrons. The third kappa shape index (κ3) is 4.29. The first-order valence-electron chi connectivity index (χ1n) is 7.28. The van der Waals surface area contributed by atoms with E-state index in [0.29, 0.717) is 11.5 Å². The summed E-state index contributed by atoms with van der Waals surface area (Å²) in [6.45, 7) is 1.13. The Labute approximate surface area is 143 Å². The molecule has 1 aromatic rings. The highest BCUT2D eigenvalue weighted by Crippen LogP contribution is 2.41. The van der Waals surface area contributed by atoms with Crippen molar-refractivity contribution in [3.63, 3.8) is 0 Å². The fourth-order valence-corrected chi connectivity index (χ4v) is 3.68. The van der Waals surface area contributed by atoms with Gasteiger partial charge in [0.15, 0.2) is 6.61 Å². The number of nitriles is 1. The van der Waals surface area contributed by atoms with Crippen molar-refractivity contribution in [2.45, 2.75) is 24.8 Å². The van der Waals surface area contributed by atoms with Gasteiger partial charge < -0.3 is 19.4 Å². The highest BCUT2D eigenvalue weighted by atomic mass is 32.2. The Kier molecular flexibility index (Phi) is 6.26. The van der Waals surface area contributed by atoms with E-state index >= 15 is 0 Å². The van der Waals surface area contributed by atoms with Crippen LogP contribution in [0.5, 0.6) is 0 Å². The van der Waals surface area contributed by atoms with Gasteiger partial charge in [0.25, 0.3) is 5.91 Å². The summed E-state index contributed by atoms with van der Waals surface area (Å²) in [5.74, 6) is -0.454. The molecule has 1 saturated heterocycles. The number of rotatable bonds is 6. The zero-order valence-corrected chi connectivity index (χ0v) is 13.9. The summed E-state index contributed by atoms with van der Waals surface area (Å²) >= 11 is 1.40. The Morgan fingerprint density at radius 1 is 1.54 bits per heavy atom. The lowest BCUT2D eigenvalue weighted by atomic mass is 10.2. The smallest absolute Gasteiger partial charge is 0.330 e. The van der Waals surface area contributed by atoms with Crippen LogP contribution in [0.1, 0.15) is 24.5 Å². The third-order valence-corrected chi connectivity index (χ3v) is 4.61. The summed E-state index contributed by atoms with van der Waals surface area (Å²) in [7, 11) is 0. The lowest BCUT2D eigenvalue weighted by Gasteiger charge is -2.25. The van der Waals surface area contributed by atoms with Crippen molar-refractivity contribution in [1.29, 1.82) is 5.26 Å². The van der Waals surface area contributed by atoms with E-state index in [-0.39, 0.29) is 24.2 Å². The average molecular weight is 351 g/mol. The molecule has 2 atom stereocenters. The fraction of sp³-hybridized carbons (Fsp3) is 0.467. The van der Waals surface area contributed by atoms with Crippen LogP contribution in [0.4, 0.5) is 0 Å². The minimum absolute atomic E-state index is 0.182. The molecule has 0 saturated carbocycles. The van der Waals surface area contributed by atoms with Crippen molar-refractivity contribution in [1.82, 2.24) is 10.2 Å². The van der Waals surface area contributed by atoms with Crippen molar-refractivity contribution in [2.75, 3.05) is 18.9 Å². The van der Waals surface area contributed by atoms with Gasteiger partial charge in [0.1, 0.15) is 17.2 Å². The van der Waals surface area contributed by atoms with Gasteiger partial charge in [0, 0.05) is 19.2 Å². The third-order valence-electron chi connectivity index (χ3n) is 3.33. The fourth-order valence-electron chi connectivity index (χ4n) is 2.27. The zero-order chi connectivity index (χ0) is 17.5. The molecule has 2 heterocycles. The number of esters is 1. The summed E-state index contributed by atoms with van der Waals surface area (Å²) in [6.07, 6.45) is 1.69. The quantitative estimate of drug-likeness (QED) is 0.596. The first-order chi connectivity index (χ1) is 11.5. The van der Waals surface area contributed by atoms with Gasteiger partial charge in [0.05, 0.1) is 18.8 Å². The first kappa shape index (κ1) is 17.9. The van der Waals surface area contributed by atoms with E-state index in [9.17, 15) is 14.4 Å². The highest BCUT2D eigenvalue weighted by molar-refractivity contribution is 7.99. The molecule has 128 valence electrons. The molecular formula is C15H17N3O5S. The van der Waals surface area contributed by atoms with Gasteiger partial charge in [-0.05, 0) is 12.1 Å². The Balaban J connectivity index is 1.93. The van der Waals surface area contributed by atoms with E-state index in [4.69, 9.17) is 14.4 Å². The molecule has 1 N–H and O–H groups in total. The number of furan rings is 1. The van der Waals surface area contributed by atoms with Crippen LogP contribution in [0.15, 0.2) is 22.8 Å². The Bertz CT molecular complexity index is 640. The maximum absolute atomic E-state index is 12.2. The minimum atomic E-state index is -0.769. The van der Waals surface area contributed by atoms with E-state index in [0.717, 1.165) is 0 Å². The van der Waals surface area contributed by atoms with Gasteiger partial charge in [-0.1, -0.05) is 0 Å². The molecule has 0 spiro atoms. The normalized spacial score (nSPS) is 19.6. The molecule has 1 aromatic heterocycles. The molecule has 1 fully saturated rings. The van der Waals surface area contributed by atoms with Crippen molar-refractivity contribution in [3.05, 3.63) is 24.2 Å². The van der Waals surface area contributed by atoms with E-state index < -0.39 is 24.5 Å². The van der Waals surface area contributed by atoms with Crippen molar-refractivity contribution in [2.24, 2.45) is 0 Å². The number of carbonyl (C=O) groups excluding carboxylic acids is 3. The average Bonchev–Trinajstić information content (AvgIpc) is 3.21. The molecule has 0 aliphatic carbocycles. The number of thioether (sulfide) groups is 1. The molecule has 2 amide bonds. The summed E-state index contributed by atoms with van der Waals surface area (Å²) < 4.78 is 10.3. The van der Waals surface area contributed by atoms with Crippen LogP contribution in [-0.2, 0) is 19.1 Å². The lowest BCUT2D eigenvalue weighted by Crippen LogP contribution is -2.43. The number of ether oxygens (including phenoxy) is 1. The second kappa shape index (κ2) is 8.40. The van der Waals surface area contributed by atoms with Crippen LogP contribution in [0.2, 0.25) is 0 Å². The molecule has 9 heteroatoms. The van der Waals surface area contributed by atoms with Gasteiger partial charge >= 0.3 is 5.97 Å². The molecule has 1 aliphatic heterocycles. The second-order valence-corrected chi connectivity index (χ2v) is 6.12. The van der Waals surface area contributed by atoms with Crippen LogP contribution in [-0.4, -0.2) is 47.6 Å². The SMILES string of the molecule is CC(=O)N1[C@@H](c2ccco2)SC[C@H]1C(=O)OCC(=O)NCCC#N. The molecule has 0 aromatic carbocycles. The molecule has 1 aliphatic rings. The molecule has 8 nitrogen and oxygen atoms in total. The second-order valence-electron chi connectivity index (χ2n) is 5.01. The highest BCUT2D eigenvalue weighted by Gasteiger charge is 2.43. The predicted molar refractivity (Wildman–Crippen MR) is 84.4 cm³/mol. The molecular weight excluding hydrogens is 334 g/mol. The Morgan fingerprint density at radius 2 is 2.33 bits per heavy atom. The number of carbonyl (C=O) groups is 3. The topological polar surface area (TPSA) is 113 Å². The molecule has 24 heavy (non-hydrogen) atoms. The largest absolute Gasteiger partial charge is 0.466 e. The minimum Gasteiger partial charge on any atom is -0.466 e. The van der Waals surface area contributed by atoms with Gasteiger partial charge in [-0.3, -0.25) is 9.59 Å². The summed E-state index contributed by atoms with van der Waals surface area (Å²) in [5, 5.41) is 10.5. The van der Waals surface area contributed by atoms with Crippen molar-refractivity contribution >= 4 is 29.5 Å². The van der Waals surface area contributed by atoms with Gasteiger partial charge in [0.2, 0.25) is 5.91 Å². The zero-order valence-electron chi connectivity index (χ0n) is 13.1. The number of nitrogens with zero attached hydrogens (tertiary/aromatic N) is 2. The molecule has 0 bridgehead atoms. The number of hydrogen-bond donors (Lipinski definition) is 1. The number of nitrogens with one attached hydrogen (secondary N) is 1. The summed E-state index contributed by atoms with van der Waals surface area (Å²) in [6, 6.07) is 4.58. The standard InChI is InChI=1S/C15H17N3O5S/c1-10(19)18-11(9-24-14(18)12-4-2-7-22-12)15(21)23-8-13(20)17-6-3-5-16/h2,4,7,11,14H,3,6,8-9H2,1H3,(H,17,20)/t11-,14+/m0/s1. The maximum Gasteiger partial charge on any atom is 0.330 e. The monoisotopic (exact) mass is 351 g/mol. The predicted octanol–water partition coefficient (Wildman–Crippen LogP) is 0.815. The van der Waals surface area contributed by atoms with Crippen molar-refractivity contribution in [3.8, 4) is 6.07 Å². The Morgan fingerprint density at radius 3 is 2.96 bits per heavy atom. The number of amides is 2. The van der Waals surface area contributed by atoms with Crippen LogP contribution in [0.3, 0.4) is 0 Å². The van der Waals surface area contributed by atoms with Crippen LogP contribution in [0.25, 0.3) is 0 Å². The van der Waals surface area contributed by atoms with Crippen LogP contribution in [0, 0.1) is 11.3 Å². The lowest BCUT2D eigenvalue weighted by molar-refractivity contribution is -0.156. The van der Waals surface area contributed by atoms with Gasteiger partial charge in [-0.2, -0.15) is 5.26 Å². The van der Waals surface area contributed by atoms with E-state index in [1.54, 1.807) is 12.1 Å². The Hall–Kier alpha value is -2.47. The number of hydrogen-bond acceptors (Lipinski definition) is 7.